The zero-order valence-electron chi connectivity index (χ0n) is 9.50. The summed E-state index contributed by atoms with van der Waals surface area (Å²) in [6.07, 6.45) is 5.75. The highest BCUT2D eigenvalue weighted by Gasteiger charge is 2.36. The van der Waals surface area contributed by atoms with Gasteiger partial charge in [-0.25, -0.2) is 0 Å². The third kappa shape index (κ3) is 2.12. The van der Waals surface area contributed by atoms with Crippen LogP contribution in [0.25, 0.3) is 0 Å². The number of nitrogens with zero attached hydrogens (tertiary/aromatic N) is 1. The maximum absolute atomic E-state index is 10.4. The van der Waals surface area contributed by atoms with E-state index >= 15 is 0 Å². The fraction of sp³-hybridized carbons (Fsp3) is 1.00. The molecule has 1 N–H and O–H groups in total. The maximum Gasteiger partial charge on any atom is 0.0774 e. The summed E-state index contributed by atoms with van der Waals surface area (Å²) < 4.78 is 0. The topological polar surface area (TPSA) is 23.5 Å². The van der Waals surface area contributed by atoms with Gasteiger partial charge in [-0.15, -0.1) is 0 Å². The standard InChI is InChI=1S/C12H23NO/c1-10-3-6-12(14,7-4-10)9-13-8-5-11(13)2/h10-11,14H,3-9H2,1-2H3. The second-order valence-corrected chi connectivity index (χ2v) is 5.52. The molecular weight excluding hydrogens is 174 g/mol. The molecule has 1 atom stereocenters. The summed E-state index contributed by atoms with van der Waals surface area (Å²) in [5.41, 5.74) is -0.360. The Morgan fingerprint density at radius 1 is 1.21 bits per heavy atom. The van der Waals surface area contributed by atoms with Gasteiger partial charge in [0.1, 0.15) is 0 Å². The average Bonchev–Trinajstić information content (AvgIpc) is 2.18. The van der Waals surface area contributed by atoms with E-state index in [9.17, 15) is 5.11 Å². The van der Waals surface area contributed by atoms with Crippen LogP contribution in [-0.4, -0.2) is 34.7 Å². The molecule has 2 fully saturated rings. The minimum Gasteiger partial charge on any atom is -0.389 e. The first kappa shape index (κ1) is 10.4. The molecule has 14 heavy (non-hydrogen) atoms. The van der Waals surface area contributed by atoms with Gasteiger partial charge in [-0.2, -0.15) is 0 Å². The van der Waals surface area contributed by atoms with Crippen LogP contribution in [0.4, 0.5) is 0 Å². The lowest BCUT2D eigenvalue weighted by atomic mass is 9.78. The summed E-state index contributed by atoms with van der Waals surface area (Å²) in [7, 11) is 0. The minimum atomic E-state index is -0.360. The van der Waals surface area contributed by atoms with Crippen molar-refractivity contribution in [2.75, 3.05) is 13.1 Å². The first-order valence-corrected chi connectivity index (χ1v) is 6.05. The Labute approximate surface area is 87.3 Å². The largest absolute Gasteiger partial charge is 0.389 e. The van der Waals surface area contributed by atoms with Crippen LogP contribution in [0.2, 0.25) is 0 Å². The first-order valence-electron chi connectivity index (χ1n) is 6.05. The summed E-state index contributed by atoms with van der Waals surface area (Å²) in [5.74, 6) is 0.823. The van der Waals surface area contributed by atoms with E-state index in [0.29, 0.717) is 6.04 Å². The summed E-state index contributed by atoms with van der Waals surface area (Å²) in [5, 5.41) is 10.4. The van der Waals surface area contributed by atoms with Crippen LogP contribution >= 0.6 is 0 Å². The van der Waals surface area contributed by atoms with Crippen molar-refractivity contribution in [2.24, 2.45) is 5.92 Å². The zero-order chi connectivity index (χ0) is 10.2. The number of hydrogen-bond donors (Lipinski definition) is 1. The molecule has 0 aromatic rings. The Bertz CT molecular complexity index is 196. The Kier molecular flexibility index (Phi) is 2.85. The molecule has 2 aliphatic rings. The van der Waals surface area contributed by atoms with Gasteiger partial charge in [0, 0.05) is 19.1 Å². The number of aliphatic hydroxyl groups is 1. The van der Waals surface area contributed by atoms with Crippen LogP contribution in [0.3, 0.4) is 0 Å². The molecule has 1 unspecified atom stereocenters. The van der Waals surface area contributed by atoms with E-state index in [4.69, 9.17) is 0 Å². The van der Waals surface area contributed by atoms with Gasteiger partial charge in [0.2, 0.25) is 0 Å². The van der Waals surface area contributed by atoms with Gasteiger partial charge in [0.05, 0.1) is 5.60 Å². The molecule has 0 radical (unpaired) electrons. The van der Waals surface area contributed by atoms with Crippen molar-refractivity contribution in [1.82, 2.24) is 4.90 Å². The lowest BCUT2D eigenvalue weighted by Gasteiger charge is -2.45. The fourth-order valence-corrected chi connectivity index (χ4v) is 2.64. The number of likely N-dealkylation sites (tertiary alicyclic amines) is 1. The molecule has 0 spiro atoms. The van der Waals surface area contributed by atoms with Crippen molar-refractivity contribution in [1.29, 1.82) is 0 Å². The third-order valence-electron chi connectivity index (χ3n) is 4.16. The predicted octanol–water partition coefficient (Wildman–Crippen LogP) is 2.02. The van der Waals surface area contributed by atoms with E-state index < -0.39 is 0 Å². The first-order chi connectivity index (χ1) is 6.59. The highest BCUT2D eigenvalue weighted by atomic mass is 16.3. The van der Waals surface area contributed by atoms with Crippen LogP contribution in [0.5, 0.6) is 0 Å². The normalized spacial score (nSPS) is 44.8. The van der Waals surface area contributed by atoms with Gasteiger partial charge in [-0.3, -0.25) is 4.90 Å². The second kappa shape index (κ2) is 3.82. The number of hydrogen-bond acceptors (Lipinski definition) is 2. The van der Waals surface area contributed by atoms with Crippen molar-refractivity contribution in [2.45, 2.75) is 57.6 Å². The molecule has 0 bridgehead atoms. The molecule has 0 aromatic carbocycles. The number of β-amino-alcohol motifs (C(OH)–C–C–N with tert-alkyl or cyclic N) is 1. The molecule has 2 nitrogen and oxygen atoms in total. The molecule has 0 aromatic heterocycles. The van der Waals surface area contributed by atoms with Crippen molar-refractivity contribution < 1.29 is 5.11 Å². The van der Waals surface area contributed by atoms with Crippen LogP contribution in [0.1, 0.15) is 46.0 Å². The molecule has 0 amide bonds. The summed E-state index contributed by atoms with van der Waals surface area (Å²) in [6.45, 7) is 6.67. The Hall–Kier alpha value is -0.0800. The van der Waals surface area contributed by atoms with E-state index in [-0.39, 0.29) is 5.60 Å². The molecule has 1 aliphatic carbocycles. The summed E-state index contributed by atoms with van der Waals surface area (Å²) in [4.78, 5) is 2.43. The van der Waals surface area contributed by atoms with Gasteiger partial charge in [0.15, 0.2) is 0 Å². The lowest BCUT2D eigenvalue weighted by molar-refractivity contribution is -0.0616. The average molecular weight is 197 g/mol. The van der Waals surface area contributed by atoms with Gasteiger partial charge < -0.3 is 5.11 Å². The number of rotatable bonds is 2. The van der Waals surface area contributed by atoms with Crippen LogP contribution in [0.15, 0.2) is 0 Å². The smallest absolute Gasteiger partial charge is 0.0774 e. The third-order valence-corrected chi connectivity index (χ3v) is 4.16. The molecule has 1 saturated carbocycles. The summed E-state index contributed by atoms with van der Waals surface area (Å²) >= 11 is 0. The zero-order valence-corrected chi connectivity index (χ0v) is 9.50. The molecule has 1 heterocycles. The van der Waals surface area contributed by atoms with E-state index in [1.807, 2.05) is 0 Å². The Morgan fingerprint density at radius 3 is 2.29 bits per heavy atom. The molecule has 2 heteroatoms. The van der Waals surface area contributed by atoms with E-state index in [1.165, 1.54) is 25.8 Å². The van der Waals surface area contributed by atoms with E-state index in [1.54, 1.807) is 0 Å². The van der Waals surface area contributed by atoms with Crippen molar-refractivity contribution in [3.05, 3.63) is 0 Å². The molecule has 82 valence electrons. The lowest BCUT2D eigenvalue weighted by Crippen LogP contribution is -2.54. The van der Waals surface area contributed by atoms with Crippen molar-refractivity contribution in [3.63, 3.8) is 0 Å². The van der Waals surface area contributed by atoms with Gasteiger partial charge in [-0.1, -0.05) is 6.92 Å². The van der Waals surface area contributed by atoms with E-state index in [0.717, 1.165) is 25.3 Å². The van der Waals surface area contributed by atoms with Crippen LogP contribution in [-0.2, 0) is 0 Å². The monoisotopic (exact) mass is 197 g/mol. The fourth-order valence-electron chi connectivity index (χ4n) is 2.64. The second-order valence-electron chi connectivity index (χ2n) is 5.52. The van der Waals surface area contributed by atoms with Crippen molar-refractivity contribution in [3.8, 4) is 0 Å². The van der Waals surface area contributed by atoms with Gasteiger partial charge in [-0.05, 0) is 44.9 Å². The molecule has 2 rings (SSSR count). The van der Waals surface area contributed by atoms with Crippen molar-refractivity contribution >= 4 is 0 Å². The Balaban J connectivity index is 1.83. The molecular formula is C12H23NO. The van der Waals surface area contributed by atoms with Crippen LogP contribution < -0.4 is 0 Å². The highest BCUT2D eigenvalue weighted by Crippen LogP contribution is 2.34. The van der Waals surface area contributed by atoms with Crippen LogP contribution in [0, 0.1) is 5.92 Å². The minimum absolute atomic E-state index is 0.360. The predicted molar refractivity (Wildman–Crippen MR) is 58.2 cm³/mol. The van der Waals surface area contributed by atoms with Gasteiger partial charge in [0.25, 0.3) is 0 Å². The summed E-state index contributed by atoms with van der Waals surface area (Å²) in [6, 6.07) is 0.707. The maximum atomic E-state index is 10.4. The highest BCUT2D eigenvalue weighted by molar-refractivity contribution is 4.91. The Morgan fingerprint density at radius 2 is 1.86 bits per heavy atom. The SMILES string of the molecule is CC1CCC(O)(CN2CCC2C)CC1. The molecule has 1 saturated heterocycles. The van der Waals surface area contributed by atoms with Gasteiger partial charge >= 0.3 is 0 Å². The molecule has 1 aliphatic heterocycles. The quantitative estimate of drug-likeness (QED) is 0.732. The van der Waals surface area contributed by atoms with E-state index in [2.05, 4.69) is 18.7 Å².